The number of unbranched alkanes of at least 4 members (excludes halogenated alkanes) is 1. The molecule has 18 heavy (non-hydrogen) atoms. The summed E-state index contributed by atoms with van der Waals surface area (Å²) in [6.45, 7) is 11.7. The summed E-state index contributed by atoms with van der Waals surface area (Å²) in [5.74, 6) is 1.58. The van der Waals surface area contributed by atoms with Crippen LogP contribution in [-0.2, 0) is 0 Å². The van der Waals surface area contributed by atoms with Gasteiger partial charge in [-0.1, -0.05) is 26.8 Å². The van der Waals surface area contributed by atoms with Crippen molar-refractivity contribution in [1.82, 2.24) is 5.32 Å². The van der Waals surface area contributed by atoms with E-state index in [9.17, 15) is 0 Å². The molecule has 0 spiro atoms. The predicted octanol–water partition coefficient (Wildman–Crippen LogP) is 3.89. The Bertz CT molecular complexity index is 347. The lowest BCUT2D eigenvalue weighted by atomic mass is 9.98. The zero-order chi connectivity index (χ0) is 13.4. The summed E-state index contributed by atoms with van der Waals surface area (Å²) in [5, 5.41) is 3.32. The van der Waals surface area contributed by atoms with Gasteiger partial charge in [0.05, 0.1) is 6.61 Å². The number of rotatable bonds is 8. The first-order valence-corrected chi connectivity index (χ1v) is 7.09. The van der Waals surface area contributed by atoms with Gasteiger partial charge < -0.3 is 10.1 Å². The molecule has 1 N–H and O–H groups in total. The van der Waals surface area contributed by atoms with Gasteiger partial charge in [-0.05, 0) is 62.0 Å². The first-order valence-electron chi connectivity index (χ1n) is 7.09. The molecule has 1 aromatic rings. The van der Waals surface area contributed by atoms with Crippen LogP contribution in [0.15, 0.2) is 18.2 Å². The molecule has 0 aromatic heterocycles. The molecule has 0 atom stereocenters. The van der Waals surface area contributed by atoms with Crippen LogP contribution in [0.5, 0.6) is 5.75 Å². The minimum absolute atomic E-state index is 0.583. The molecule has 102 valence electrons. The number of nitrogens with one attached hydrogen (secondary N) is 1. The summed E-state index contributed by atoms with van der Waals surface area (Å²) in [6.07, 6.45) is 2.29. The summed E-state index contributed by atoms with van der Waals surface area (Å²) in [5.41, 5.74) is 2.74. The molecule has 0 saturated heterocycles. The van der Waals surface area contributed by atoms with E-state index in [1.807, 2.05) is 0 Å². The van der Waals surface area contributed by atoms with Crippen LogP contribution < -0.4 is 10.1 Å². The monoisotopic (exact) mass is 249 g/mol. The molecule has 0 saturated carbocycles. The van der Waals surface area contributed by atoms with E-state index in [-0.39, 0.29) is 0 Å². The van der Waals surface area contributed by atoms with E-state index < -0.39 is 0 Å². The Morgan fingerprint density at radius 3 is 2.61 bits per heavy atom. The average molecular weight is 249 g/mol. The number of benzene rings is 1. The summed E-state index contributed by atoms with van der Waals surface area (Å²) >= 11 is 0. The topological polar surface area (TPSA) is 21.3 Å². The van der Waals surface area contributed by atoms with Crippen molar-refractivity contribution in [2.75, 3.05) is 19.7 Å². The predicted molar refractivity (Wildman–Crippen MR) is 78.5 cm³/mol. The minimum atomic E-state index is 0.583. The summed E-state index contributed by atoms with van der Waals surface area (Å²) in [6, 6.07) is 6.43. The van der Waals surface area contributed by atoms with E-state index >= 15 is 0 Å². The summed E-state index contributed by atoms with van der Waals surface area (Å²) in [7, 11) is 0. The summed E-state index contributed by atoms with van der Waals surface area (Å²) < 4.78 is 5.77. The maximum Gasteiger partial charge on any atom is 0.119 e. The van der Waals surface area contributed by atoms with Crippen molar-refractivity contribution in [3.63, 3.8) is 0 Å². The van der Waals surface area contributed by atoms with Crippen LogP contribution in [0.1, 0.15) is 50.7 Å². The third-order valence-corrected chi connectivity index (χ3v) is 3.13. The second-order valence-corrected chi connectivity index (χ2v) is 5.08. The third-order valence-electron chi connectivity index (χ3n) is 3.13. The SMILES string of the molecule is CCNCCCCOc1ccc(C(C)C)c(C)c1. The fourth-order valence-electron chi connectivity index (χ4n) is 2.10. The Morgan fingerprint density at radius 1 is 1.22 bits per heavy atom. The lowest BCUT2D eigenvalue weighted by Crippen LogP contribution is -2.14. The van der Waals surface area contributed by atoms with E-state index in [1.54, 1.807) is 0 Å². The zero-order valence-electron chi connectivity index (χ0n) is 12.3. The molecule has 0 fully saturated rings. The first-order chi connectivity index (χ1) is 8.65. The van der Waals surface area contributed by atoms with Gasteiger partial charge in [0, 0.05) is 0 Å². The maximum absolute atomic E-state index is 5.77. The number of hydrogen-bond acceptors (Lipinski definition) is 2. The molecule has 2 heteroatoms. The lowest BCUT2D eigenvalue weighted by molar-refractivity contribution is 0.305. The molecule has 0 bridgehead atoms. The van der Waals surface area contributed by atoms with Crippen molar-refractivity contribution in [1.29, 1.82) is 0 Å². The molecule has 0 aliphatic rings. The van der Waals surface area contributed by atoms with Crippen LogP contribution in [0.25, 0.3) is 0 Å². The zero-order valence-corrected chi connectivity index (χ0v) is 12.3. The summed E-state index contributed by atoms with van der Waals surface area (Å²) in [4.78, 5) is 0. The highest BCUT2D eigenvalue weighted by Gasteiger charge is 2.04. The molecule has 0 unspecified atom stereocenters. The van der Waals surface area contributed by atoms with Crippen molar-refractivity contribution >= 4 is 0 Å². The van der Waals surface area contributed by atoms with Crippen molar-refractivity contribution in [3.05, 3.63) is 29.3 Å². The normalized spacial score (nSPS) is 10.9. The van der Waals surface area contributed by atoms with Gasteiger partial charge in [-0.2, -0.15) is 0 Å². The molecule has 2 nitrogen and oxygen atoms in total. The smallest absolute Gasteiger partial charge is 0.119 e. The van der Waals surface area contributed by atoms with Crippen LogP contribution in [0.2, 0.25) is 0 Å². The highest BCUT2D eigenvalue weighted by Crippen LogP contribution is 2.23. The van der Waals surface area contributed by atoms with Gasteiger partial charge in [0.1, 0.15) is 5.75 Å². The van der Waals surface area contributed by atoms with Gasteiger partial charge in [-0.15, -0.1) is 0 Å². The van der Waals surface area contributed by atoms with Crippen LogP contribution in [0.4, 0.5) is 0 Å². The first kappa shape index (κ1) is 15.0. The molecular formula is C16H27NO. The molecular weight excluding hydrogens is 222 g/mol. The average Bonchev–Trinajstić information content (AvgIpc) is 2.33. The Kier molecular flexibility index (Phi) is 6.81. The molecule has 0 aliphatic carbocycles. The minimum Gasteiger partial charge on any atom is -0.494 e. The molecule has 0 aliphatic heterocycles. The molecule has 0 heterocycles. The van der Waals surface area contributed by atoms with Crippen LogP contribution >= 0.6 is 0 Å². The Balaban J connectivity index is 2.33. The van der Waals surface area contributed by atoms with Crippen LogP contribution in [0.3, 0.4) is 0 Å². The Hall–Kier alpha value is -1.02. The molecule has 0 amide bonds. The quantitative estimate of drug-likeness (QED) is 0.706. The van der Waals surface area contributed by atoms with Gasteiger partial charge in [0.2, 0.25) is 0 Å². The lowest BCUT2D eigenvalue weighted by Gasteiger charge is -2.12. The largest absolute Gasteiger partial charge is 0.494 e. The molecule has 1 rings (SSSR count). The fraction of sp³-hybridized carbons (Fsp3) is 0.625. The van der Waals surface area contributed by atoms with Crippen molar-refractivity contribution in [3.8, 4) is 5.75 Å². The molecule has 0 radical (unpaired) electrons. The van der Waals surface area contributed by atoms with Gasteiger partial charge in [-0.3, -0.25) is 0 Å². The van der Waals surface area contributed by atoms with Crippen LogP contribution in [0, 0.1) is 6.92 Å². The van der Waals surface area contributed by atoms with Gasteiger partial charge in [0.15, 0.2) is 0 Å². The van der Waals surface area contributed by atoms with E-state index in [2.05, 4.69) is 51.2 Å². The highest BCUT2D eigenvalue weighted by molar-refractivity contribution is 5.36. The second-order valence-electron chi connectivity index (χ2n) is 5.08. The van der Waals surface area contributed by atoms with Crippen molar-refractivity contribution in [2.45, 2.75) is 46.5 Å². The second kappa shape index (κ2) is 8.15. The van der Waals surface area contributed by atoms with Gasteiger partial charge in [0.25, 0.3) is 0 Å². The number of hydrogen-bond donors (Lipinski definition) is 1. The maximum atomic E-state index is 5.77. The Morgan fingerprint density at radius 2 is 2.00 bits per heavy atom. The van der Waals surface area contributed by atoms with Crippen molar-refractivity contribution < 1.29 is 4.74 Å². The standard InChI is InChI=1S/C16H27NO/c1-5-17-10-6-7-11-18-15-8-9-16(13(2)3)14(4)12-15/h8-9,12-13,17H,5-7,10-11H2,1-4H3. The fourth-order valence-corrected chi connectivity index (χ4v) is 2.10. The van der Waals surface area contributed by atoms with E-state index in [0.717, 1.165) is 31.9 Å². The van der Waals surface area contributed by atoms with Crippen molar-refractivity contribution in [2.24, 2.45) is 0 Å². The van der Waals surface area contributed by atoms with E-state index in [1.165, 1.54) is 17.5 Å². The Labute approximate surface area is 112 Å². The van der Waals surface area contributed by atoms with Gasteiger partial charge >= 0.3 is 0 Å². The molecule has 1 aromatic carbocycles. The van der Waals surface area contributed by atoms with E-state index in [0.29, 0.717) is 5.92 Å². The highest BCUT2D eigenvalue weighted by atomic mass is 16.5. The number of aryl methyl sites for hydroxylation is 1. The van der Waals surface area contributed by atoms with E-state index in [4.69, 9.17) is 4.74 Å². The van der Waals surface area contributed by atoms with Crippen LogP contribution in [-0.4, -0.2) is 19.7 Å². The van der Waals surface area contributed by atoms with Gasteiger partial charge in [-0.25, -0.2) is 0 Å². The number of ether oxygens (including phenoxy) is 1. The third kappa shape index (κ3) is 5.09.